The minimum absolute atomic E-state index is 0.0109. The second kappa shape index (κ2) is 6.29. The highest BCUT2D eigenvalue weighted by Crippen LogP contribution is 2.14. The highest BCUT2D eigenvalue weighted by Gasteiger charge is 2.09. The summed E-state index contributed by atoms with van der Waals surface area (Å²) in [6.45, 7) is 1.94. The van der Waals surface area contributed by atoms with Crippen LogP contribution in [-0.2, 0) is 6.42 Å². The van der Waals surface area contributed by atoms with Gasteiger partial charge < -0.3 is 15.1 Å². The van der Waals surface area contributed by atoms with Crippen molar-refractivity contribution < 1.29 is 9.21 Å². The summed E-state index contributed by atoms with van der Waals surface area (Å²) in [4.78, 5) is 11.8. The summed E-state index contributed by atoms with van der Waals surface area (Å²) < 4.78 is 4.99. The molecule has 0 bridgehead atoms. The monoisotopic (exact) mass is 278 g/mol. The molecule has 0 fully saturated rings. The number of carbonyl (C=O) groups excluding carboxylic acids is 1. The van der Waals surface area contributed by atoms with Crippen molar-refractivity contribution in [1.82, 2.24) is 5.32 Å². The molecule has 19 heavy (non-hydrogen) atoms. The molecule has 2 aromatic rings. The summed E-state index contributed by atoms with van der Waals surface area (Å²) in [5, 5.41) is 6.17. The first kappa shape index (κ1) is 13.5. The summed E-state index contributed by atoms with van der Waals surface area (Å²) in [6.07, 6.45) is 4.01. The van der Waals surface area contributed by atoms with Crippen molar-refractivity contribution in [3.8, 4) is 0 Å². The van der Waals surface area contributed by atoms with E-state index >= 15 is 0 Å². The van der Waals surface area contributed by atoms with E-state index in [1.165, 1.54) is 0 Å². The highest BCUT2D eigenvalue weighted by molar-refractivity contribution is 6.30. The van der Waals surface area contributed by atoms with Gasteiger partial charge in [-0.25, -0.2) is 4.79 Å². The molecular weight excluding hydrogens is 264 g/mol. The lowest BCUT2D eigenvalue weighted by Crippen LogP contribution is -2.37. The molecule has 1 aromatic heterocycles. The molecule has 100 valence electrons. The number of furan rings is 1. The Kier molecular flexibility index (Phi) is 4.47. The SMILES string of the molecule is CC(Cc1ccoc1)NC(=O)Nc1cccc(Cl)c1. The highest BCUT2D eigenvalue weighted by atomic mass is 35.5. The predicted molar refractivity (Wildman–Crippen MR) is 75.5 cm³/mol. The fourth-order valence-corrected chi connectivity index (χ4v) is 1.96. The second-order valence-corrected chi connectivity index (χ2v) is 4.78. The molecule has 2 rings (SSSR count). The molecule has 2 N–H and O–H groups in total. The molecule has 0 aliphatic heterocycles. The van der Waals surface area contributed by atoms with Crippen LogP contribution in [0.25, 0.3) is 0 Å². The zero-order valence-corrected chi connectivity index (χ0v) is 11.3. The lowest BCUT2D eigenvalue weighted by atomic mass is 10.1. The van der Waals surface area contributed by atoms with Gasteiger partial charge in [0.15, 0.2) is 0 Å². The van der Waals surface area contributed by atoms with Gasteiger partial charge in [-0.2, -0.15) is 0 Å². The summed E-state index contributed by atoms with van der Waals surface area (Å²) in [6, 6.07) is 8.66. The lowest BCUT2D eigenvalue weighted by Gasteiger charge is -2.13. The number of urea groups is 1. The van der Waals surface area contributed by atoms with Crippen molar-refractivity contribution in [2.45, 2.75) is 19.4 Å². The molecule has 1 unspecified atom stereocenters. The molecule has 0 aliphatic rings. The Morgan fingerprint density at radius 2 is 2.26 bits per heavy atom. The van der Waals surface area contributed by atoms with E-state index < -0.39 is 0 Å². The number of hydrogen-bond acceptors (Lipinski definition) is 2. The van der Waals surface area contributed by atoms with Gasteiger partial charge in [0.2, 0.25) is 0 Å². The number of anilines is 1. The molecule has 1 aromatic carbocycles. The Hall–Kier alpha value is -1.94. The summed E-state index contributed by atoms with van der Waals surface area (Å²) in [5.74, 6) is 0. The van der Waals surface area contributed by atoms with Gasteiger partial charge in [-0.1, -0.05) is 17.7 Å². The molecule has 0 saturated heterocycles. The van der Waals surface area contributed by atoms with Gasteiger partial charge in [-0.05, 0) is 43.2 Å². The summed E-state index contributed by atoms with van der Waals surface area (Å²) in [7, 11) is 0. The van der Waals surface area contributed by atoms with E-state index in [9.17, 15) is 4.79 Å². The third-order valence-corrected chi connectivity index (χ3v) is 2.82. The van der Waals surface area contributed by atoms with Crippen LogP contribution in [0.5, 0.6) is 0 Å². The van der Waals surface area contributed by atoms with Crippen LogP contribution >= 0.6 is 11.6 Å². The first-order valence-corrected chi connectivity index (χ1v) is 6.35. The molecule has 0 saturated carbocycles. The van der Waals surface area contributed by atoms with Gasteiger partial charge in [0.25, 0.3) is 0 Å². The fourth-order valence-electron chi connectivity index (χ4n) is 1.77. The van der Waals surface area contributed by atoms with Gasteiger partial charge in [0.1, 0.15) is 0 Å². The minimum atomic E-state index is -0.252. The first-order valence-electron chi connectivity index (χ1n) is 5.97. The predicted octanol–water partition coefficient (Wildman–Crippen LogP) is 3.69. The van der Waals surface area contributed by atoms with E-state index in [-0.39, 0.29) is 12.1 Å². The zero-order valence-electron chi connectivity index (χ0n) is 10.5. The Labute approximate surface area is 116 Å². The fraction of sp³-hybridized carbons (Fsp3) is 0.214. The zero-order chi connectivity index (χ0) is 13.7. The Morgan fingerprint density at radius 1 is 1.42 bits per heavy atom. The number of hydrogen-bond donors (Lipinski definition) is 2. The van der Waals surface area contributed by atoms with E-state index in [4.69, 9.17) is 16.0 Å². The molecule has 0 aliphatic carbocycles. The van der Waals surface area contributed by atoms with Crippen LogP contribution in [0, 0.1) is 0 Å². The number of nitrogens with one attached hydrogen (secondary N) is 2. The Morgan fingerprint density at radius 3 is 2.95 bits per heavy atom. The maximum atomic E-state index is 11.8. The van der Waals surface area contributed by atoms with Crippen molar-refractivity contribution in [3.05, 3.63) is 53.4 Å². The molecule has 2 amide bonds. The molecule has 4 nitrogen and oxygen atoms in total. The van der Waals surface area contributed by atoms with Gasteiger partial charge in [-0.15, -0.1) is 0 Å². The van der Waals surface area contributed by atoms with Crippen molar-refractivity contribution >= 4 is 23.3 Å². The Balaban J connectivity index is 1.84. The molecule has 0 radical (unpaired) electrons. The van der Waals surface area contributed by atoms with E-state index in [1.807, 2.05) is 13.0 Å². The number of carbonyl (C=O) groups is 1. The topological polar surface area (TPSA) is 54.3 Å². The van der Waals surface area contributed by atoms with Crippen LogP contribution in [0.4, 0.5) is 10.5 Å². The molecule has 1 atom stereocenters. The third-order valence-electron chi connectivity index (χ3n) is 2.58. The van der Waals surface area contributed by atoms with Crippen LogP contribution in [-0.4, -0.2) is 12.1 Å². The third kappa shape index (κ3) is 4.34. The maximum absolute atomic E-state index is 11.8. The van der Waals surface area contributed by atoms with Crippen LogP contribution in [0.1, 0.15) is 12.5 Å². The van der Waals surface area contributed by atoms with Crippen LogP contribution in [0.2, 0.25) is 5.02 Å². The Bertz CT molecular complexity index is 540. The normalized spacial score (nSPS) is 11.9. The van der Waals surface area contributed by atoms with Crippen LogP contribution < -0.4 is 10.6 Å². The van der Waals surface area contributed by atoms with E-state index in [2.05, 4.69) is 10.6 Å². The number of halogens is 1. The van der Waals surface area contributed by atoms with E-state index in [0.29, 0.717) is 10.7 Å². The average molecular weight is 279 g/mol. The van der Waals surface area contributed by atoms with Crippen molar-refractivity contribution in [2.75, 3.05) is 5.32 Å². The van der Waals surface area contributed by atoms with E-state index in [0.717, 1.165) is 12.0 Å². The van der Waals surface area contributed by atoms with Gasteiger partial charge in [-0.3, -0.25) is 0 Å². The standard InChI is InChI=1S/C14H15ClN2O2/c1-10(7-11-5-6-19-9-11)16-14(18)17-13-4-2-3-12(15)8-13/h2-6,8-10H,7H2,1H3,(H2,16,17,18). The van der Waals surface area contributed by atoms with Gasteiger partial charge in [0, 0.05) is 16.8 Å². The molecular formula is C14H15ClN2O2. The lowest BCUT2D eigenvalue weighted by molar-refractivity contribution is 0.249. The molecule has 5 heteroatoms. The number of benzene rings is 1. The molecule has 1 heterocycles. The molecule has 0 spiro atoms. The summed E-state index contributed by atoms with van der Waals surface area (Å²) in [5.41, 5.74) is 1.72. The van der Waals surface area contributed by atoms with Gasteiger partial charge >= 0.3 is 6.03 Å². The van der Waals surface area contributed by atoms with E-state index in [1.54, 1.807) is 36.8 Å². The van der Waals surface area contributed by atoms with Gasteiger partial charge in [0.05, 0.1) is 12.5 Å². The minimum Gasteiger partial charge on any atom is -0.472 e. The quantitative estimate of drug-likeness (QED) is 0.896. The first-order chi connectivity index (χ1) is 9.13. The van der Waals surface area contributed by atoms with Crippen LogP contribution in [0.3, 0.4) is 0 Å². The smallest absolute Gasteiger partial charge is 0.319 e. The number of amides is 2. The average Bonchev–Trinajstić information content (AvgIpc) is 2.81. The van der Waals surface area contributed by atoms with Crippen LogP contribution in [0.15, 0.2) is 47.3 Å². The second-order valence-electron chi connectivity index (χ2n) is 4.35. The maximum Gasteiger partial charge on any atom is 0.319 e. The van der Waals surface area contributed by atoms with Crippen molar-refractivity contribution in [3.63, 3.8) is 0 Å². The van der Waals surface area contributed by atoms with Crippen molar-refractivity contribution in [2.24, 2.45) is 0 Å². The largest absolute Gasteiger partial charge is 0.472 e. The number of rotatable bonds is 4. The summed E-state index contributed by atoms with van der Waals surface area (Å²) >= 11 is 5.85. The van der Waals surface area contributed by atoms with Crippen molar-refractivity contribution in [1.29, 1.82) is 0 Å².